The number of nitrogens with zero attached hydrogens (tertiary/aromatic N) is 1. The molecule has 0 aliphatic heterocycles. The number of nitrogens with two attached hydrogens (primary N) is 1. The van der Waals surface area contributed by atoms with Gasteiger partial charge in [-0.3, -0.25) is 0 Å². The predicted octanol–water partition coefficient (Wildman–Crippen LogP) is 4.24. The van der Waals surface area contributed by atoms with E-state index in [1.54, 1.807) is 0 Å². The Morgan fingerprint density at radius 3 is 2.47 bits per heavy atom. The van der Waals surface area contributed by atoms with Gasteiger partial charge < -0.3 is 10.6 Å². The molecule has 0 saturated carbocycles. The lowest BCUT2D eigenvalue weighted by molar-refractivity contribution is 0.681. The predicted molar refractivity (Wildman–Crippen MR) is 85.8 cm³/mol. The molecule has 2 rings (SSSR count). The van der Waals surface area contributed by atoms with Crippen molar-refractivity contribution in [2.24, 2.45) is 5.73 Å². The van der Waals surface area contributed by atoms with Crippen LogP contribution < -0.4 is 10.6 Å². The van der Waals surface area contributed by atoms with Crippen LogP contribution in [-0.4, -0.2) is 13.6 Å². The number of likely N-dealkylation sites (N-methyl/N-ethyl adjacent to an activating group) is 1. The minimum Gasteiger partial charge on any atom is -0.366 e. The molecule has 0 aliphatic rings. The molecule has 1 unspecified atom stereocenters. The molecule has 0 heterocycles. The van der Waals surface area contributed by atoms with E-state index in [1.165, 1.54) is 0 Å². The summed E-state index contributed by atoms with van der Waals surface area (Å²) < 4.78 is 0.899. The third-order valence-corrected chi connectivity index (χ3v) is 4.42. The molecular weight excluding hydrogens is 324 g/mol. The molecule has 4 heteroatoms. The van der Waals surface area contributed by atoms with Gasteiger partial charge >= 0.3 is 0 Å². The van der Waals surface area contributed by atoms with Crippen molar-refractivity contribution in [2.45, 2.75) is 6.04 Å². The van der Waals surface area contributed by atoms with Crippen LogP contribution in [0.3, 0.4) is 0 Å². The minimum atomic E-state index is 0.105. The Labute approximate surface area is 127 Å². The van der Waals surface area contributed by atoms with Gasteiger partial charge in [0.1, 0.15) is 0 Å². The van der Waals surface area contributed by atoms with Gasteiger partial charge in [-0.2, -0.15) is 0 Å². The van der Waals surface area contributed by atoms with Gasteiger partial charge in [-0.15, -0.1) is 0 Å². The quantitative estimate of drug-likeness (QED) is 0.903. The standard InChI is InChI=1S/C15H16BrClN2/c1-19(12-5-3-2-4-6-12)15(10-18)11-7-8-13(16)14(17)9-11/h2-9,15H,10,18H2,1H3. The first-order chi connectivity index (χ1) is 9.13. The zero-order chi connectivity index (χ0) is 13.8. The number of halogens is 2. The van der Waals surface area contributed by atoms with Crippen LogP contribution >= 0.6 is 27.5 Å². The first-order valence-electron chi connectivity index (χ1n) is 6.06. The summed E-state index contributed by atoms with van der Waals surface area (Å²) in [7, 11) is 2.04. The molecule has 100 valence electrons. The maximum absolute atomic E-state index is 6.16. The van der Waals surface area contributed by atoms with Crippen molar-refractivity contribution in [1.82, 2.24) is 0 Å². The van der Waals surface area contributed by atoms with Gasteiger partial charge in [-0.05, 0) is 45.8 Å². The van der Waals surface area contributed by atoms with Crippen molar-refractivity contribution < 1.29 is 0 Å². The van der Waals surface area contributed by atoms with Gasteiger partial charge in [0.05, 0.1) is 11.1 Å². The summed E-state index contributed by atoms with van der Waals surface area (Å²) in [5.41, 5.74) is 8.18. The summed E-state index contributed by atoms with van der Waals surface area (Å²) >= 11 is 9.56. The van der Waals surface area contributed by atoms with Crippen molar-refractivity contribution in [3.63, 3.8) is 0 Å². The number of hydrogen-bond acceptors (Lipinski definition) is 2. The Morgan fingerprint density at radius 2 is 1.89 bits per heavy atom. The van der Waals surface area contributed by atoms with Crippen LogP contribution in [0.4, 0.5) is 5.69 Å². The van der Waals surface area contributed by atoms with E-state index in [4.69, 9.17) is 17.3 Å². The van der Waals surface area contributed by atoms with E-state index in [0.717, 1.165) is 15.7 Å². The zero-order valence-electron chi connectivity index (χ0n) is 10.7. The topological polar surface area (TPSA) is 29.3 Å². The molecule has 0 radical (unpaired) electrons. The largest absolute Gasteiger partial charge is 0.366 e. The molecule has 2 nitrogen and oxygen atoms in total. The van der Waals surface area contributed by atoms with Crippen molar-refractivity contribution in [3.05, 3.63) is 63.6 Å². The highest BCUT2D eigenvalue weighted by atomic mass is 79.9. The summed E-state index contributed by atoms with van der Waals surface area (Å²) in [6.45, 7) is 0.531. The minimum absolute atomic E-state index is 0.105. The van der Waals surface area contributed by atoms with Crippen LogP contribution in [0.2, 0.25) is 5.02 Å². The Morgan fingerprint density at radius 1 is 1.21 bits per heavy atom. The van der Waals surface area contributed by atoms with Crippen LogP contribution in [-0.2, 0) is 0 Å². The van der Waals surface area contributed by atoms with Gasteiger partial charge in [-0.1, -0.05) is 35.9 Å². The fraction of sp³-hybridized carbons (Fsp3) is 0.200. The number of para-hydroxylation sites is 1. The Kier molecular flexibility index (Phi) is 4.86. The van der Waals surface area contributed by atoms with Crippen LogP contribution in [0.5, 0.6) is 0 Å². The highest BCUT2D eigenvalue weighted by Gasteiger charge is 2.16. The van der Waals surface area contributed by atoms with Crippen LogP contribution in [0.15, 0.2) is 53.0 Å². The third kappa shape index (κ3) is 3.30. The van der Waals surface area contributed by atoms with Gasteiger partial charge in [0.25, 0.3) is 0 Å². The summed E-state index contributed by atoms with van der Waals surface area (Å²) in [5, 5.41) is 0.706. The lowest BCUT2D eigenvalue weighted by Gasteiger charge is -2.29. The van der Waals surface area contributed by atoms with Crippen molar-refractivity contribution in [3.8, 4) is 0 Å². The SMILES string of the molecule is CN(c1ccccc1)C(CN)c1ccc(Br)c(Cl)c1. The van der Waals surface area contributed by atoms with Crippen molar-refractivity contribution >= 4 is 33.2 Å². The Hall–Kier alpha value is -1.03. The van der Waals surface area contributed by atoms with E-state index in [-0.39, 0.29) is 6.04 Å². The molecule has 0 aromatic heterocycles. The number of hydrogen-bond donors (Lipinski definition) is 1. The number of rotatable bonds is 4. The molecule has 2 aromatic rings. The maximum atomic E-state index is 6.16. The van der Waals surface area contributed by atoms with Gasteiger partial charge in [0.2, 0.25) is 0 Å². The number of anilines is 1. The molecule has 0 bridgehead atoms. The molecule has 0 spiro atoms. The van der Waals surface area contributed by atoms with Gasteiger partial charge in [-0.25, -0.2) is 0 Å². The van der Waals surface area contributed by atoms with Crippen LogP contribution in [0.25, 0.3) is 0 Å². The smallest absolute Gasteiger partial charge is 0.0662 e. The van der Waals surface area contributed by atoms with Crippen LogP contribution in [0.1, 0.15) is 11.6 Å². The highest BCUT2D eigenvalue weighted by molar-refractivity contribution is 9.10. The fourth-order valence-corrected chi connectivity index (χ4v) is 2.52. The van der Waals surface area contributed by atoms with E-state index in [0.29, 0.717) is 11.6 Å². The monoisotopic (exact) mass is 338 g/mol. The fourth-order valence-electron chi connectivity index (χ4n) is 2.08. The second-order valence-corrected chi connectivity index (χ2v) is 5.63. The van der Waals surface area contributed by atoms with Gasteiger partial charge in [0, 0.05) is 23.8 Å². The highest BCUT2D eigenvalue weighted by Crippen LogP contribution is 2.29. The molecule has 0 aliphatic carbocycles. The molecule has 2 N–H and O–H groups in total. The zero-order valence-corrected chi connectivity index (χ0v) is 13.0. The molecule has 0 amide bonds. The third-order valence-electron chi connectivity index (χ3n) is 3.18. The lowest BCUT2D eigenvalue weighted by atomic mass is 10.1. The van der Waals surface area contributed by atoms with E-state index >= 15 is 0 Å². The van der Waals surface area contributed by atoms with Gasteiger partial charge in [0.15, 0.2) is 0 Å². The summed E-state index contributed by atoms with van der Waals surface area (Å²) in [6, 6.07) is 16.3. The molecule has 0 fully saturated rings. The van der Waals surface area contributed by atoms with E-state index in [1.807, 2.05) is 43.4 Å². The average Bonchev–Trinajstić information content (AvgIpc) is 2.44. The molecular formula is C15H16BrClN2. The Balaban J connectivity index is 2.31. The summed E-state index contributed by atoms with van der Waals surface area (Å²) in [6.07, 6.45) is 0. The number of benzene rings is 2. The van der Waals surface area contributed by atoms with E-state index < -0.39 is 0 Å². The second-order valence-electron chi connectivity index (χ2n) is 4.37. The maximum Gasteiger partial charge on any atom is 0.0662 e. The molecule has 19 heavy (non-hydrogen) atoms. The molecule has 2 aromatic carbocycles. The summed E-state index contributed by atoms with van der Waals surface area (Å²) in [4.78, 5) is 2.17. The van der Waals surface area contributed by atoms with E-state index in [9.17, 15) is 0 Å². The first kappa shape index (κ1) is 14.4. The average molecular weight is 340 g/mol. The molecule has 1 atom stereocenters. The van der Waals surface area contributed by atoms with Crippen molar-refractivity contribution in [1.29, 1.82) is 0 Å². The summed E-state index contributed by atoms with van der Waals surface area (Å²) in [5.74, 6) is 0. The van der Waals surface area contributed by atoms with Crippen molar-refractivity contribution in [2.75, 3.05) is 18.5 Å². The Bertz CT molecular complexity index is 545. The van der Waals surface area contributed by atoms with E-state index in [2.05, 4.69) is 33.0 Å². The normalized spacial score (nSPS) is 12.2. The van der Waals surface area contributed by atoms with Crippen LogP contribution in [0, 0.1) is 0 Å². The second kappa shape index (κ2) is 6.42. The lowest BCUT2D eigenvalue weighted by Crippen LogP contribution is -2.30. The molecule has 0 saturated heterocycles. The first-order valence-corrected chi connectivity index (χ1v) is 7.23.